The summed E-state index contributed by atoms with van der Waals surface area (Å²) in [4.78, 5) is 18.1. The van der Waals surface area contributed by atoms with Gasteiger partial charge in [0.1, 0.15) is 0 Å². The van der Waals surface area contributed by atoms with E-state index >= 15 is 0 Å². The van der Waals surface area contributed by atoms with Crippen LogP contribution >= 0.6 is 11.3 Å². The van der Waals surface area contributed by atoms with Crippen molar-refractivity contribution in [3.05, 3.63) is 21.4 Å². The van der Waals surface area contributed by atoms with Gasteiger partial charge in [0, 0.05) is 23.4 Å². The second-order valence-corrected chi connectivity index (χ2v) is 12.0. The van der Waals surface area contributed by atoms with Crippen LogP contribution in [0.3, 0.4) is 0 Å². The van der Waals surface area contributed by atoms with Gasteiger partial charge in [0.2, 0.25) is 0 Å². The zero-order valence-electron chi connectivity index (χ0n) is 19.3. The Morgan fingerprint density at radius 3 is 2.53 bits per heavy atom. The summed E-state index contributed by atoms with van der Waals surface area (Å²) in [6, 6.07) is 2.20. The smallest absolute Gasteiger partial charge is 0.261 e. The summed E-state index contributed by atoms with van der Waals surface area (Å²) in [5, 5.41) is 3.35. The average Bonchev–Trinajstić information content (AvgIpc) is 3.06. The fraction of sp³-hybridized carbons (Fsp3) is 0.808. The third-order valence-corrected chi connectivity index (χ3v) is 9.07. The van der Waals surface area contributed by atoms with Gasteiger partial charge in [-0.25, -0.2) is 0 Å². The summed E-state index contributed by atoms with van der Waals surface area (Å²) in [5.41, 5.74) is 1.78. The predicted octanol–water partition coefficient (Wildman–Crippen LogP) is 6.07. The maximum atomic E-state index is 12.9. The molecule has 1 saturated carbocycles. The molecule has 0 atom stereocenters. The Hall–Kier alpha value is -0.870. The molecule has 168 valence electrons. The molecule has 1 amide bonds. The molecule has 1 aromatic heterocycles. The van der Waals surface area contributed by atoms with Crippen LogP contribution in [-0.4, -0.2) is 37.0 Å². The molecule has 2 aliphatic carbocycles. The van der Waals surface area contributed by atoms with Gasteiger partial charge in [0.05, 0.1) is 4.88 Å². The maximum Gasteiger partial charge on any atom is 0.261 e. The van der Waals surface area contributed by atoms with E-state index in [1.165, 1.54) is 101 Å². The van der Waals surface area contributed by atoms with E-state index in [0.29, 0.717) is 5.41 Å². The lowest BCUT2D eigenvalue weighted by molar-refractivity contribution is 0.0443. The molecule has 1 saturated heterocycles. The summed E-state index contributed by atoms with van der Waals surface area (Å²) in [5.74, 6) is 1.93. The average molecular weight is 431 g/mol. The number of carbonyl (C=O) groups excluding carboxylic acids is 1. The number of piperidine rings is 1. The van der Waals surface area contributed by atoms with E-state index in [-0.39, 0.29) is 5.91 Å². The summed E-state index contributed by atoms with van der Waals surface area (Å²) in [6.07, 6.45) is 15.6. The highest BCUT2D eigenvalue weighted by atomic mass is 32.1. The molecule has 1 aliphatic heterocycles. The maximum absolute atomic E-state index is 12.9. The molecule has 3 aliphatic rings. The molecule has 3 nitrogen and oxygen atoms in total. The van der Waals surface area contributed by atoms with E-state index in [0.717, 1.165) is 29.7 Å². The minimum Gasteiger partial charge on any atom is -0.351 e. The van der Waals surface area contributed by atoms with E-state index in [4.69, 9.17) is 0 Å². The van der Waals surface area contributed by atoms with Crippen molar-refractivity contribution in [1.82, 2.24) is 10.2 Å². The third kappa shape index (κ3) is 5.68. The summed E-state index contributed by atoms with van der Waals surface area (Å²) in [7, 11) is 0. The van der Waals surface area contributed by atoms with Crippen LogP contribution in [0.4, 0.5) is 0 Å². The standard InChI is InChI=1S/C26H42N2OS/c1-20(2)16-21-10-14-28(15-11-21)19-26(12-7-13-26)18-27-25(29)24-17-22-8-5-3-4-6-9-23(22)30-24/h17,20-21H,3-16,18-19H2,1-2H3,(H,27,29). The van der Waals surface area contributed by atoms with Gasteiger partial charge in [0.25, 0.3) is 5.91 Å². The molecule has 1 N–H and O–H groups in total. The molecular formula is C26H42N2OS. The number of aryl methyl sites for hydroxylation is 2. The number of likely N-dealkylation sites (tertiary alicyclic amines) is 1. The lowest BCUT2D eigenvalue weighted by Crippen LogP contribution is -2.51. The third-order valence-electron chi connectivity index (χ3n) is 7.83. The molecule has 0 unspecified atom stereocenters. The van der Waals surface area contributed by atoms with Crippen molar-refractivity contribution in [1.29, 1.82) is 0 Å². The lowest BCUT2D eigenvalue weighted by atomic mass is 9.68. The number of nitrogens with one attached hydrogen (secondary N) is 1. The van der Waals surface area contributed by atoms with Crippen LogP contribution in [0.15, 0.2) is 6.07 Å². The minimum absolute atomic E-state index is 0.175. The van der Waals surface area contributed by atoms with Crippen molar-refractivity contribution in [2.24, 2.45) is 17.3 Å². The predicted molar refractivity (Wildman–Crippen MR) is 127 cm³/mol. The Morgan fingerprint density at radius 2 is 1.87 bits per heavy atom. The molecule has 0 bridgehead atoms. The summed E-state index contributed by atoms with van der Waals surface area (Å²) >= 11 is 1.76. The Balaban J connectivity index is 1.28. The highest BCUT2D eigenvalue weighted by Crippen LogP contribution is 2.42. The van der Waals surface area contributed by atoms with E-state index < -0.39 is 0 Å². The van der Waals surface area contributed by atoms with E-state index in [9.17, 15) is 4.79 Å². The normalized spacial score (nSPS) is 22.8. The molecule has 1 aromatic rings. The van der Waals surface area contributed by atoms with Gasteiger partial charge in [0.15, 0.2) is 0 Å². The Morgan fingerprint density at radius 1 is 1.13 bits per heavy atom. The Kier molecular flexibility index (Phi) is 7.57. The van der Waals surface area contributed by atoms with Crippen molar-refractivity contribution < 1.29 is 4.79 Å². The largest absolute Gasteiger partial charge is 0.351 e. The molecule has 0 aromatic carbocycles. The van der Waals surface area contributed by atoms with Gasteiger partial charge < -0.3 is 10.2 Å². The van der Waals surface area contributed by atoms with Crippen LogP contribution in [0, 0.1) is 17.3 Å². The first kappa shape index (κ1) is 22.3. The van der Waals surface area contributed by atoms with Gasteiger partial charge in [-0.1, -0.05) is 33.1 Å². The highest BCUT2D eigenvalue weighted by Gasteiger charge is 2.39. The number of rotatable bonds is 7. The van der Waals surface area contributed by atoms with Crippen LogP contribution in [0.1, 0.15) is 98.2 Å². The molecule has 2 heterocycles. The van der Waals surface area contributed by atoms with Crippen LogP contribution in [0.5, 0.6) is 0 Å². The van der Waals surface area contributed by atoms with E-state index in [1.807, 2.05) is 0 Å². The SMILES string of the molecule is CC(C)CC1CCN(CC2(CNC(=O)c3cc4c(s3)CCCCCC4)CCC2)CC1. The van der Waals surface area contributed by atoms with Gasteiger partial charge >= 0.3 is 0 Å². The van der Waals surface area contributed by atoms with Crippen molar-refractivity contribution in [3.63, 3.8) is 0 Å². The van der Waals surface area contributed by atoms with E-state index in [1.54, 1.807) is 11.3 Å². The molecule has 0 spiro atoms. The van der Waals surface area contributed by atoms with Crippen molar-refractivity contribution in [2.45, 2.75) is 90.9 Å². The highest BCUT2D eigenvalue weighted by molar-refractivity contribution is 7.14. The molecule has 30 heavy (non-hydrogen) atoms. The summed E-state index contributed by atoms with van der Waals surface area (Å²) in [6.45, 7) is 9.26. The zero-order valence-corrected chi connectivity index (χ0v) is 20.1. The van der Waals surface area contributed by atoms with Gasteiger partial charge in [-0.05, 0) is 94.3 Å². The molecule has 4 rings (SSSR count). The lowest BCUT2D eigenvalue weighted by Gasteiger charge is -2.46. The molecule has 4 heteroatoms. The first-order valence-electron chi connectivity index (χ1n) is 12.7. The van der Waals surface area contributed by atoms with Gasteiger partial charge in [-0.3, -0.25) is 4.79 Å². The molecule has 2 fully saturated rings. The first-order valence-corrected chi connectivity index (χ1v) is 13.5. The van der Waals surface area contributed by atoms with E-state index in [2.05, 4.69) is 30.1 Å². The number of nitrogens with zero attached hydrogens (tertiary/aromatic N) is 1. The Labute approximate surface area is 188 Å². The number of hydrogen-bond acceptors (Lipinski definition) is 3. The van der Waals surface area contributed by atoms with Crippen LogP contribution in [0.25, 0.3) is 0 Å². The second kappa shape index (κ2) is 10.2. The number of hydrogen-bond donors (Lipinski definition) is 1. The van der Waals surface area contributed by atoms with Crippen molar-refractivity contribution in [2.75, 3.05) is 26.2 Å². The monoisotopic (exact) mass is 430 g/mol. The molecular weight excluding hydrogens is 388 g/mol. The van der Waals surface area contributed by atoms with Crippen LogP contribution in [-0.2, 0) is 12.8 Å². The van der Waals surface area contributed by atoms with Gasteiger partial charge in [-0.2, -0.15) is 0 Å². The van der Waals surface area contributed by atoms with Gasteiger partial charge in [-0.15, -0.1) is 11.3 Å². The number of amides is 1. The number of thiophene rings is 1. The topological polar surface area (TPSA) is 32.3 Å². The number of fused-ring (bicyclic) bond motifs is 1. The fourth-order valence-corrected chi connectivity index (χ4v) is 7.07. The quantitative estimate of drug-likeness (QED) is 0.570. The number of carbonyl (C=O) groups is 1. The van der Waals surface area contributed by atoms with Crippen molar-refractivity contribution in [3.8, 4) is 0 Å². The fourth-order valence-electron chi connectivity index (χ4n) is 5.90. The second-order valence-electron chi connectivity index (χ2n) is 10.9. The zero-order chi connectivity index (χ0) is 21.0. The first-order chi connectivity index (χ1) is 14.5. The van der Waals surface area contributed by atoms with Crippen LogP contribution < -0.4 is 5.32 Å². The summed E-state index contributed by atoms with van der Waals surface area (Å²) < 4.78 is 0. The Bertz CT molecular complexity index is 672. The molecule has 0 radical (unpaired) electrons. The minimum atomic E-state index is 0.175. The van der Waals surface area contributed by atoms with Crippen LogP contribution in [0.2, 0.25) is 0 Å². The van der Waals surface area contributed by atoms with Crippen molar-refractivity contribution >= 4 is 17.2 Å².